The lowest BCUT2D eigenvalue weighted by Gasteiger charge is -2.10. The Morgan fingerprint density at radius 1 is 0.786 bits per heavy atom. The Labute approximate surface area is 162 Å². The first kappa shape index (κ1) is 17.8. The second-order valence-corrected chi connectivity index (χ2v) is 6.35. The number of rotatable bonds is 7. The molecule has 0 saturated carbocycles. The van der Waals surface area contributed by atoms with Gasteiger partial charge in [-0.1, -0.05) is 42.5 Å². The molecule has 0 fully saturated rings. The molecule has 0 atom stereocenters. The van der Waals surface area contributed by atoms with Gasteiger partial charge in [0.15, 0.2) is 0 Å². The Kier molecular flexibility index (Phi) is 5.33. The van der Waals surface area contributed by atoms with Crippen molar-refractivity contribution in [2.24, 2.45) is 0 Å². The molecule has 0 spiro atoms. The first-order chi connectivity index (χ1) is 13.8. The fourth-order valence-corrected chi connectivity index (χ4v) is 2.90. The van der Waals surface area contributed by atoms with E-state index in [1.165, 1.54) is 0 Å². The highest BCUT2D eigenvalue weighted by molar-refractivity contribution is 5.76. The van der Waals surface area contributed by atoms with E-state index in [-0.39, 0.29) is 5.56 Å². The van der Waals surface area contributed by atoms with Crippen molar-refractivity contribution in [3.8, 4) is 11.5 Å². The van der Waals surface area contributed by atoms with Gasteiger partial charge in [-0.2, -0.15) is 0 Å². The largest absolute Gasteiger partial charge is 0.492 e. The molecule has 140 valence electrons. The molecular formula is C23H20N2O3. The maximum atomic E-state index is 12.5. The number of nitrogens with zero attached hydrogens (tertiary/aromatic N) is 2. The molecule has 0 radical (unpaired) electrons. The average Bonchev–Trinajstić information content (AvgIpc) is 2.76. The molecule has 0 aliphatic carbocycles. The summed E-state index contributed by atoms with van der Waals surface area (Å²) in [7, 11) is 0. The van der Waals surface area contributed by atoms with E-state index in [9.17, 15) is 4.79 Å². The summed E-state index contributed by atoms with van der Waals surface area (Å²) in [6, 6.07) is 24.8. The van der Waals surface area contributed by atoms with Crippen LogP contribution in [0, 0.1) is 0 Å². The van der Waals surface area contributed by atoms with Gasteiger partial charge in [-0.3, -0.25) is 9.36 Å². The van der Waals surface area contributed by atoms with Crippen LogP contribution in [0.4, 0.5) is 0 Å². The average molecular weight is 372 g/mol. The Hall–Kier alpha value is -3.60. The molecule has 0 unspecified atom stereocenters. The minimum atomic E-state index is -0.0566. The van der Waals surface area contributed by atoms with Crippen LogP contribution in [0.5, 0.6) is 11.5 Å². The summed E-state index contributed by atoms with van der Waals surface area (Å²) in [6.07, 6.45) is 1.56. The van der Waals surface area contributed by atoms with Gasteiger partial charge in [-0.05, 0) is 42.0 Å². The van der Waals surface area contributed by atoms with E-state index in [1.54, 1.807) is 17.0 Å². The van der Waals surface area contributed by atoms with Crippen molar-refractivity contribution in [2.45, 2.75) is 13.2 Å². The van der Waals surface area contributed by atoms with Gasteiger partial charge >= 0.3 is 0 Å². The highest BCUT2D eigenvalue weighted by Crippen LogP contribution is 2.18. The topological polar surface area (TPSA) is 53.4 Å². The fraction of sp³-hybridized carbons (Fsp3) is 0.130. The molecule has 3 aromatic carbocycles. The third-order valence-corrected chi connectivity index (χ3v) is 4.40. The highest BCUT2D eigenvalue weighted by atomic mass is 16.5. The molecule has 0 N–H and O–H groups in total. The minimum absolute atomic E-state index is 0.0566. The first-order valence-electron chi connectivity index (χ1n) is 9.13. The van der Waals surface area contributed by atoms with Crippen molar-refractivity contribution >= 4 is 10.9 Å². The number of hydrogen-bond donors (Lipinski definition) is 0. The molecule has 4 rings (SSSR count). The molecule has 0 aliphatic heterocycles. The van der Waals surface area contributed by atoms with Crippen LogP contribution in [-0.4, -0.2) is 16.2 Å². The number of benzene rings is 3. The van der Waals surface area contributed by atoms with Crippen LogP contribution in [0.2, 0.25) is 0 Å². The number of hydrogen-bond acceptors (Lipinski definition) is 4. The summed E-state index contributed by atoms with van der Waals surface area (Å²) in [5.41, 5.74) is 1.77. The predicted molar refractivity (Wildman–Crippen MR) is 109 cm³/mol. The number of para-hydroxylation sites is 1. The molecule has 0 saturated heterocycles. The lowest BCUT2D eigenvalue weighted by Crippen LogP contribution is -2.23. The Balaban J connectivity index is 1.32. The van der Waals surface area contributed by atoms with Crippen LogP contribution in [0.3, 0.4) is 0 Å². The fourth-order valence-electron chi connectivity index (χ4n) is 2.90. The minimum Gasteiger partial charge on any atom is -0.492 e. The molecule has 5 heteroatoms. The van der Waals surface area contributed by atoms with Crippen LogP contribution in [-0.2, 0) is 13.2 Å². The van der Waals surface area contributed by atoms with Crippen molar-refractivity contribution in [1.29, 1.82) is 0 Å². The third kappa shape index (κ3) is 4.20. The summed E-state index contributed by atoms with van der Waals surface area (Å²) in [6.45, 7) is 1.34. The molecule has 5 nitrogen and oxygen atoms in total. The van der Waals surface area contributed by atoms with E-state index < -0.39 is 0 Å². The molecule has 0 aliphatic rings. The van der Waals surface area contributed by atoms with Crippen LogP contribution in [0.1, 0.15) is 5.56 Å². The molecule has 4 aromatic rings. The van der Waals surface area contributed by atoms with E-state index in [1.807, 2.05) is 72.8 Å². The zero-order valence-electron chi connectivity index (χ0n) is 15.3. The number of aromatic nitrogens is 2. The normalized spacial score (nSPS) is 10.7. The quantitative estimate of drug-likeness (QED) is 0.491. The summed E-state index contributed by atoms with van der Waals surface area (Å²) >= 11 is 0. The van der Waals surface area contributed by atoms with E-state index in [0.29, 0.717) is 30.7 Å². The Bertz CT molecular complexity index is 1110. The zero-order valence-corrected chi connectivity index (χ0v) is 15.3. The highest BCUT2D eigenvalue weighted by Gasteiger charge is 2.04. The summed E-state index contributed by atoms with van der Waals surface area (Å²) < 4.78 is 13.1. The molecule has 1 aromatic heterocycles. The van der Waals surface area contributed by atoms with Gasteiger partial charge in [0.1, 0.15) is 24.7 Å². The predicted octanol–water partition coefficient (Wildman–Crippen LogP) is 4.05. The molecule has 28 heavy (non-hydrogen) atoms. The van der Waals surface area contributed by atoms with Crippen molar-refractivity contribution in [3.05, 3.63) is 101 Å². The van der Waals surface area contributed by atoms with E-state index in [0.717, 1.165) is 17.1 Å². The van der Waals surface area contributed by atoms with E-state index in [4.69, 9.17) is 9.47 Å². The van der Waals surface area contributed by atoms with Crippen LogP contribution < -0.4 is 15.0 Å². The van der Waals surface area contributed by atoms with Gasteiger partial charge in [0.25, 0.3) is 5.56 Å². The second-order valence-electron chi connectivity index (χ2n) is 6.35. The van der Waals surface area contributed by atoms with E-state index in [2.05, 4.69) is 4.98 Å². The van der Waals surface area contributed by atoms with Gasteiger partial charge in [-0.25, -0.2) is 4.98 Å². The van der Waals surface area contributed by atoms with Crippen molar-refractivity contribution < 1.29 is 9.47 Å². The van der Waals surface area contributed by atoms with Crippen LogP contribution >= 0.6 is 0 Å². The Morgan fingerprint density at radius 2 is 1.46 bits per heavy atom. The monoisotopic (exact) mass is 372 g/mol. The third-order valence-electron chi connectivity index (χ3n) is 4.40. The van der Waals surface area contributed by atoms with E-state index >= 15 is 0 Å². The molecule has 1 heterocycles. The zero-order chi connectivity index (χ0) is 19.2. The lowest BCUT2D eigenvalue weighted by atomic mass is 10.2. The van der Waals surface area contributed by atoms with Crippen molar-refractivity contribution in [3.63, 3.8) is 0 Å². The van der Waals surface area contributed by atoms with Crippen LogP contribution in [0.25, 0.3) is 10.9 Å². The summed E-state index contributed by atoms with van der Waals surface area (Å²) in [4.78, 5) is 16.8. The maximum absolute atomic E-state index is 12.5. The Morgan fingerprint density at radius 3 is 2.25 bits per heavy atom. The van der Waals surface area contributed by atoms with Gasteiger partial charge < -0.3 is 9.47 Å². The summed E-state index contributed by atoms with van der Waals surface area (Å²) in [5.74, 6) is 1.51. The van der Waals surface area contributed by atoms with Crippen LogP contribution in [0.15, 0.2) is 90.0 Å². The van der Waals surface area contributed by atoms with Gasteiger partial charge in [0, 0.05) is 0 Å². The molecule has 0 bridgehead atoms. The van der Waals surface area contributed by atoms with Gasteiger partial charge in [0.2, 0.25) is 0 Å². The van der Waals surface area contributed by atoms with Gasteiger partial charge in [-0.15, -0.1) is 0 Å². The van der Waals surface area contributed by atoms with Crippen molar-refractivity contribution in [2.75, 3.05) is 6.61 Å². The number of fused-ring (bicyclic) bond motifs is 1. The molecular weight excluding hydrogens is 352 g/mol. The second kappa shape index (κ2) is 8.39. The molecule has 0 amide bonds. The standard InChI is InChI=1S/C23H20N2O3/c26-23-21-8-4-5-9-22(21)24-17-25(23)14-15-27-19-10-12-20(13-11-19)28-16-18-6-2-1-3-7-18/h1-13,17H,14-16H2. The summed E-state index contributed by atoms with van der Waals surface area (Å²) in [5, 5.41) is 0.616. The smallest absolute Gasteiger partial charge is 0.261 e. The SMILES string of the molecule is O=c1c2ccccc2ncn1CCOc1ccc(OCc2ccccc2)cc1. The van der Waals surface area contributed by atoms with Crippen molar-refractivity contribution in [1.82, 2.24) is 9.55 Å². The van der Waals surface area contributed by atoms with Gasteiger partial charge in [0.05, 0.1) is 23.8 Å². The first-order valence-corrected chi connectivity index (χ1v) is 9.13. The maximum Gasteiger partial charge on any atom is 0.261 e. The number of ether oxygens (including phenoxy) is 2. The lowest BCUT2D eigenvalue weighted by molar-refractivity contribution is 0.291.